The van der Waals surface area contributed by atoms with E-state index in [4.69, 9.17) is 0 Å². The van der Waals surface area contributed by atoms with Crippen LogP contribution in [0.3, 0.4) is 0 Å². The van der Waals surface area contributed by atoms with E-state index in [9.17, 15) is 17.6 Å². The molecule has 1 aromatic carbocycles. The number of nitrogens with one attached hydrogen (secondary N) is 3. The van der Waals surface area contributed by atoms with E-state index in [1.54, 1.807) is 12.1 Å². The van der Waals surface area contributed by atoms with Crippen LogP contribution >= 0.6 is 0 Å². The Hall–Kier alpha value is -1.67. The van der Waals surface area contributed by atoms with Crippen molar-refractivity contribution in [2.45, 2.75) is 6.42 Å². The van der Waals surface area contributed by atoms with E-state index in [1.807, 2.05) is 0 Å². The van der Waals surface area contributed by atoms with Crippen molar-refractivity contribution < 1.29 is 17.6 Å². The summed E-state index contributed by atoms with van der Waals surface area (Å²) >= 11 is 0. The number of halogens is 1. The molecule has 3 N–H and O–H groups in total. The van der Waals surface area contributed by atoms with Crippen molar-refractivity contribution in [3.8, 4) is 0 Å². The lowest BCUT2D eigenvalue weighted by atomic mass is 10.1. The number of urea groups is 1. The molecule has 1 aromatic rings. The number of sulfonamides is 1. The molecule has 112 valence electrons. The van der Waals surface area contributed by atoms with Crippen LogP contribution in [0.25, 0.3) is 0 Å². The largest absolute Gasteiger partial charge is 0.338 e. The van der Waals surface area contributed by atoms with Gasteiger partial charge in [0.05, 0.1) is 6.26 Å². The fourth-order valence-electron chi connectivity index (χ4n) is 1.45. The molecular formula is C12H18FN3O3S. The number of carbonyl (C=O) groups is 1. The molecule has 0 aliphatic rings. The van der Waals surface area contributed by atoms with Gasteiger partial charge in [-0.15, -0.1) is 0 Å². The molecule has 20 heavy (non-hydrogen) atoms. The van der Waals surface area contributed by atoms with Crippen LogP contribution in [0.1, 0.15) is 5.56 Å². The number of amides is 2. The summed E-state index contributed by atoms with van der Waals surface area (Å²) in [6.07, 6.45) is 1.64. The van der Waals surface area contributed by atoms with Gasteiger partial charge in [-0.2, -0.15) is 0 Å². The smallest absolute Gasteiger partial charge is 0.314 e. The Morgan fingerprint density at radius 2 is 1.70 bits per heavy atom. The minimum Gasteiger partial charge on any atom is -0.338 e. The monoisotopic (exact) mass is 303 g/mol. The van der Waals surface area contributed by atoms with E-state index in [1.165, 1.54) is 12.1 Å². The van der Waals surface area contributed by atoms with Crippen LogP contribution in [0.5, 0.6) is 0 Å². The van der Waals surface area contributed by atoms with Crippen molar-refractivity contribution in [3.63, 3.8) is 0 Å². The summed E-state index contributed by atoms with van der Waals surface area (Å²) in [7, 11) is -3.23. The number of hydrogen-bond donors (Lipinski definition) is 3. The molecular weight excluding hydrogens is 285 g/mol. The zero-order valence-corrected chi connectivity index (χ0v) is 12.0. The lowest BCUT2D eigenvalue weighted by Crippen LogP contribution is -2.40. The zero-order chi connectivity index (χ0) is 15.0. The van der Waals surface area contributed by atoms with Crippen molar-refractivity contribution in [2.24, 2.45) is 0 Å². The molecule has 0 atom stereocenters. The summed E-state index contributed by atoms with van der Waals surface area (Å²) in [6.45, 7) is 0.761. The number of hydrogen-bond acceptors (Lipinski definition) is 3. The van der Waals surface area contributed by atoms with Gasteiger partial charge in [0.15, 0.2) is 0 Å². The van der Waals surface area contributed by atoms with Gasteiger partial charge in [-0.25, -0.2) is 22.3 Å². The normalized spacial score (nSPS) is 11.1. The number of benzene rings is 1. The van der Waals surface area contributed by atoms with E-state index in [2.05, 4.69) is 15.4 Å². The van der Waals surface area contributed by atoms with Gasteiger partial charge in [-0.3, -0.25) is 0 Å². The van der Waals surface area contributed by atoms with Crippen molar-refractivity contribution in [3.05, 3.63) is 35.6 Å². The molecule has 0 bridgehead atoms. The SMILES string of the molecule is CS(=O)(=O)NCCNC(=O)NCCc1ccc(F)cc1. The number of carbonyl (C=O) groups excluding carboxylic acids is 1. The highest BCUT2D eigenvalue weighted by atomic mass is 32.2. The third-order valence-corrected chi connectivity index (χ3v) is 3.12. The molecule has 0 aliphatic carbocycles. The molecule has 8 heteroatoms. The fraction of sp³-hybridized carbons (Fsp3) is 0.417. The summed E-state index contributed by atoms with van der Waals surface area (Å²) < 4.78 is 36.4. The Morgan fingerprint density at radius 1 is 1.10 bits per heavy atom. The lowest BCUT2D eigenvalue weighted by molar-refractivity contribution is 0.241. The van der Waals surface area contributed by atoms with Crippen LogP contribution < -0.4 is 15.4 Å². The molecule has 0 spiro atoms. The molecule has 0 saturated heterocycles. The summed E-state index contributed by atoms with van der Waals surface area (Å²) in [4.78, 5) is 11.4. The zero-order valence-electron chi connectivity index (χ0n) is 11.1. The Kier molecular flexibility index (Phi) is 6.40. The molecule has 2 amide bonds. The molecule has 0 saturated carbocycles. The molecule has 0 radical (unpaired) electrons. The first-order valence-electron chi connectivity index (χ1n) is 6.07. The van der Waals surface area contributed by atoms with Gasteiger partial charge in [0, 0.05) is 19.6 Å². The maximum atomic E-state index is 12.7. The highest BCUT2D eigenvalue weighted by Crippen LogP contribution is 2.02. The topological polar surface area (TPSA) is 87.3 Å². The molecule has 0 heterocycles. The van der Waals surface area contributed by atoms with Crippen LogP contribution in [0.2, 0.25) is 0 Å². The van der Waals surface area contributed by atoms with E-state index < -0.39 is 10.0 Å². The van der Waals surface area contributed by atoms with Gasteiger partial charge in [0.25, 0.3) is 0 Å². The maximum Gasteiger partial charge on any atom is 0.314 e. The Bertz CT molecular complexity index is 531. The third-order valence-electron chi connectivity index (χ3n) is 2.39. The van der Waals surface area contributed by atoms with Crippen molar-refractivity contribution in [1.29, 1.82) is 0 Å². The van der Waals surface area contributed by atoms with Crippen LogP contribution in [0.4, 0.5) is 9.18 Å². The summed E-state index contributed by atoms with van der Waals surface area (Å²) in [5, 5.41) is 5.14. The van der Waals surface area contributed by atoms with Crippen LogP contribution in [-0.4, -0.2) is 40.3 Å². The first-order chi connectivity index (χ1) is 9.37. The summed E-state index contributed by atoms with van der Waals surface area (Å²) in [6, 6.07) is 5.68. The van der Waals surface area contributed by atoms with Crippen LogP contribution in [-0.2, 0) is 16.4 Å². The maximum absolute atomic E-state index is 12.7. The quantitative estimate of drug-likeness (QED) is 0.630. The van der Waals surface area contributed by atoms with Crippen molar-refractivity contribution >= 4 is 16.1 Å². The minimum atomic E-state index is -3.23. The number of rotatable bonds is 7. The highest BCUT2D eigenvalue weighted by Gasteiger charge is 2.02. The van der Waals surface area contributed by atoms with Crippen molar-refractivity contribution in [1.82, 2.24) is 15.4 Å². The first-order valence-corrected chi connectivity index (χ1v) is 7.97. The second-order valence-corrected chi connectivity index (χ2v) is 6.06. The van der Waals surface area contributed by atoms with Crippen LogP contribution in [0.15, 0.2) is 24.3 Å². The highest BCUT2D eigenvalue weighted by molar-refractivity contribution is 7.88. The van der Waals surface area contributed by atoms with Gasteiger partial charge in [0.1, 0.15) is 5.82 Å². The van der Waals surface area contributed by atoms with E-state index in [0.717, 1.165) is 11.8 Å². The Morgan fingerprint density at radius 3 is 2.30 bits per heavy atom. The Labute approximate surface area is 117 Å². The van der Waals surface area contributed by atoms with Gasteiger partial charge in [-0.1, -0.05) is 12.1 Å². The molecule has 0 aromatic heterocycles. The first kappa shape index (κ1) is 16.4. The fourth-order valence-corrected chi connectivity index (χ4v) is 1.92. The van der Waals surface area contributed by atoms with E-state index >= 15 is 0 Å². The average Bonchev–Trinajstić information content (AvgIpc) is 2.36. The van der Waals surface area contributed by atoms with Gasteiger partial charge in [0.2, 0.25) is 10.0 Å². The second-order valence-electron chi connectivity index (χ2n) is 4.23. The summed E-state index contributed by atoms with van der Waals surface area (Å²) in [5.41, 5.74) is 0.922. The van der Waals surface area contributed by atoms with E-state index in [0.29, 0.717) is 13.0 Å². The third kappa shape index (κ3) is 7.70. The standard InChI is InChI=1S/C12H18FN3O3S/c1-20(18,19)16-9-8-15-12(17)14-7-6-10-2-4-11(13)5-3-10/h2-5,16H,6-9H2,1H3,(H2,14,15,17). The average molecular weight is 303 g/mol. The minimum absolute atomic E-state index is 0.143. The predicted octanol–water partition coefficient (Wildman–Crippen LogP) is 0.217. The van der Waals surface area contributed by atoms with Crippen LogP contribution in [0, 0.1) is 5.82 Å². The second kappa shape index (κ2) is 7.81. The van der Waals surface area contributed by atoms with E-state index in [-0.39, 0.29) is 24.9 Å². The van der Waals surface area contributed by atoms with Crippen molar-refractivity contribution in [2.75, 3.05) is 25.9 Å². The molecule has 0 unspecified atom stereocenters. The lowest BCUT2D eigenvalue weighted by Gasteiger charge is -2.08. The summed E-state index contributed by atoms with van der Waals surface area (Å²) in [5.74, 6) is -0.294. The Balaban J connectivity index is 2.12. The predicted molar refractivity (Wildman–Crippen MR) is 74.4 cm³/mol. The molecule has 0 aliphatic heterocycles. The van der Waals surface area contributed by atoms with Gasteiger partial charge >= 0.3 is 6.03 Å². The molecule has 0 fully saturated rings. The molecule has 6 nitrogen and oxygen atoms in total. The van der Waals surface area contributed by atoms with Gasteiger partial charge in [-0.05, 0) is 24.1 Å². The molecule has 1 rings (SSSR count). The van der Waals surface area contributed by atoms with Gasteiger partial charge < -0.3 is 10.6 Å².